The minimum atomic E-state index is -0.613. The van der Waals surface area contributed by atoms with E-state index in [9.17, 15) is 14.9 Å². The lowest BCUT2D eigenvalue weighted by atomic mass is 10.2. The van der Waals surface area contributed by atoms with Crippen LogP contribution in [0.3, 0.4) is 0 Å². The fraction of sp³-hybridized carbons (Fsp3) is 0.0714. The maximum atomic E-state index is 10.9. The van der Waals surface area contributed by atoms with Crippen molar-refractivity contribution in [3.05, 3.63) is 62.7 Å². The first-order chi connectivity index (χ1) is 9.51. The van der Waals surface area contributed by atoms with Crippen molar-refractivity contribution in [3.63, 3.8) is 0 Å². The highest BCUT2D eigenvalue weighted by Gasteiger charge is 2.14. The van der Waals surface area contributed by atoms with Gasteiger partial charge in [0.15, 0.2) is 6.29 Å². The number of halogens is 1. The van der Waals surface area contributed by atoms with Crippen LogP contribution >= 0.6 is 11.6 Å². The molecule has 0 aliphatic heterocycles. The zero-order valence-corrected chi connectivity index (χ0v) is 11.3. The van der Waals surface area contributed by atoms with Gasteiger partial charge in [-0.3, -0.25) is 14.9 Å². The van der Waals surface area contributed by atoms with Crippen molar-refractivity contribution in [1.29, 1.82) is 0 Å². The van der Waals surface area contributed by atoms with Crippen LogP contribution < -0.4 is 4.74 Å². The Bertz CT molecular complexity index is 685. The summed E-state index contributed by atoms with van der Waals surface area (Å²) in [5.41, 5.74) is 0.572. The van der Waals surface area contributed by atoms with Gasteiger partial charge in [0.2, 0.25) is 0 Å². The van der Waals surface area contributed by atoms with Crippen molar-refractivity contribution in [2.45, 2.75) is 6.92 Å². The van der Waals surface area contributed by atoms with Gasteiger partial charge in [-0.15, -0.1) is 0 Å². The number of aldehydes is 1. The lowest BCUT2D eigenvalue weighted by Crippen LogP contribution is -1.95. The van der Waals surface area contributed by atoms with Gasteiger partial charge in [-0.25, -0.2) is 0 Å². The predicted molar refractivity (Wildman–Crippen MR) is 74.7 cm³/mol. The molecule has 0 N–H and O–H groups in total. The number of carbonyl (C=O) groups is 1. The minimum absolute atomic E-state index is 0.0350. The topological polar surface area (TPSA) is 69.4 Å². The number of ether oxygens (including phenoxy) is 1. The Kier molecular flexibility index (Phi) is 4.00. The Morgan fingerprint density at radius 1 is 1.25 bits per heavy atom. The normalized spacial score (nSPS) is 10.1. The number of benzene rings is 2. The van der Waals surface area contributed by atoms with E-state index in [-0.39, 0.29) is 11.3 Å². The van der Waals surface area contributed by atoms with Gasteiger partial charge in [0, 0.05) is 11.1 Å². The highest BCUT2D eigenvalue weighted by atomic mass is 35.5. The van der Waals surface area contributed by atoms with Gasteiger partial charge >= 0.3 is 0 Å². The van der Waals surface area contributed by atoms with Crippen LogP contribution in [0.25, 0.3) is 0 Å². The number of nitro benzene ring substituents is 1. The van der Waals surface area contributed by atoms with Crippen molar-refractivity contribution in [2.75, 3.05) is 0 Å². The minimum Gasteiger partial charge on any atom is -0.457 e. The number of hydrogen-bond donors (Lipinski definition) is 0. The molecule has 0 fully saturated rings. The van der Waals surface area contributed by atoms with Crippen LogP contribution in [0, 0.1) is 17.0 Å². The number of nitro groups is 1. The molecule has 0 radical (unpaired) electrons. The third-order valence-electron chi connectivity index (χ3n) is 2.70. The van der Waals surface area contributed by atoms with Gasteiger partial charge in [0.25, 0.3) is 5.69 Å². The van der Waals surface area contributed by atoms with Gasteiger partial charge in [0.1, 0.15) is 11.5 Å². The molecule has 20 heavy (non-hydrogen) atoms. The monoisotopic (exact) mass is 291 g/mol. The molecule has 2 aromatic carbocycles. The van der Waals surface area contributed by atoms with Crippen molar-refractivity contribution in [3.8, 4) is 11.5 Å². The van der Waals surface area contributed by atoms with E-state index in [1.165, 1.54) is 18.2 Å². The molecule has 0 spiro atoms. The Morgan fingerprint density at radius 2 is 2.00 bits per heavy atom. The zero-order chi connectivity index (χ0) is 14.7. The summed E-state index contributed by atoms with van der Waals surface area (Å²) in [6.45, 7) is 1.84. The molecule has 0 unspecified atom stereocenters. The second-order valence-corrected chi connectivity index (χ2v) is 4.54. The van der Waals surface area contributed by atoms with E-state index in [1.807, 2.05) is 6.92 Å². The maximum absolute atomic E-state index is 10.9. The van der Waals surface area contributed by atoms with E-state index in [0.29, 0.717) is 22.8 Å². The third-order valence-corrected chi connectivity index (χ3v) is 2.94. The molecule has 0 aromatic heterocycles. The zero-order valence-electron chi connectivity index (χ0n) is 10.5. The number of rotatable bonds is 4. The number of carbonyl (C=O) groups excluding carboxylic acids is 1. The summed E-state index contributed by atoms with van der Waals surface area (Å²) in [5, 5.41) is 11.3. The molecule has 0 heterocycles. The molecule has 5 nitrogen and oxygen atoms in total. The van der Waals surface area contributed by atoms with Crippen LogP contribution in [0.1, 0.15) is 15.9 Å². The molecule has 2 aromatic rings. The van der Waals surface area contributed by atoms with Gasteiger partial charge in [-0.05, 0) is 36.8 Å². The third kappa shape index (κ3) is 2.95. The van der Waals surface area contributed by atoms with E-state index in [0.717, 1.165) is 5.56 Å². The second kappa shape index (κ2) is 5.71. The van der Waals surface area contributed by atoms with E-state index >= 15 is 0 Å². The Balaban J connectivity index is 2.37. The van der Waals surface area contributed by atoms with E-state index in [2.05, 4.69) is 0 Å². The van der Waals surface area contributed by atoms with Crippen LogP contribution in [-0.2, 0) is 0 Å². The highest BCUT2D eigenvalue weighted by molar-refractivity contribution is 6.30. The largest absolute Gasteiger partial charge is 0.457 e. The van der Waals surface area contributed by atoms with Crippen molar-refractivity contribution >= 4 is 23.6 Å². The summed E-state index contributed by atoms with van der Waals surface area (Å²) in [6.07, 6.45) is 0.426. The van der Waals surface area contributed by atoms with Gasteiger partial charge in [0.05, 0.1) is 10.5 Å². The number of hydrogen-bond acceptors (Lipinski definition) is 4. The molecule has 0 aliphatic rings. The molecular weight excluding hydrogens is 282 g/mol. The first-order valence-electron chi connectivity index (χ1n) is 5.69. The average Bonchev–Trinajstić information content (AvgIpc) is 2.42. The quantitative estimate of drug-likeness (QED) is 0.482. The summed E-state index contributed by atoms with van der Waals surface area (Å²) in [6, 6.07) is 9.16. The molecular formula is C14H10ClNO4. The Hall–Kier alpha value is -2.40. The molecule has 102 valence electrons. The summed E-state index contributed by atoms with van der Waals surface area (Å²) < 4.78 is 5.60. The SMILES string of the molecule is Cc1ccc(Cl)cc1Oc1ccc([N+](=O)[O-])c(C=O)c1. The van der Waals surface area contributed by atoms with Crippen LogP contribution in [0.2, 0.25) is 5.02 Å². The average molecular weight is 292 g/mol. The van der Waals surface area contributed by atoms with E-state index in [4.69, 9.17) is 16.3 Å². The highest BCUT2D eigenvalue weighted by Crippen LogP contribution is 2.30. The van der Waals surface area contributed by atoms with Crippen LogP contribution in [0.5, 0.6) is 11.5 Å². The molecule has 0 saturated heterocycles. The maximum Gasteiger partial charge on any atom is 0.280 e. The van der Waals surface area contributed by atoms with Crippen molar-refractivity contribution < 1.29 is 14.5 Å². The first kappa shape index (κ1) is 14.0. The predicted octanol–water partition coefficient (Wildman–Crippen LogP) is 4.16. The Morgan fingerprint density at radius 3 is 2.65 bits per heavy atom. The lowest BCUT2D eigenvalue weighted by molar-refractivity contribution is -0.385. The fourth-order valence-electron chi connectivity index (χ4n) is 1.67. The van der Waals surface area contributed by atoms with Crippen LogP contribution in [0.15, 0.2) is 36.4 Å². The van der Waals surface area contributed by atoms with E-state index < -0.39 is 4.92 Å². The summed E-state index contributed by atoms with van der Waals surface area (Å²) in [5.74, 6) is 0.867. The molecule has 0 saturated carbocycles. The summed E-state index contributed by atoms with van der Waals surface area (Å²) >= 11 is 5.88. The van der Waals surface area contributed by atoms with Crippen LogP contribution in [0.4, 0.5) is 5.69 Å². The smallest absolute Gasteiger partial charge is 0.280 e. The molecule has 0 amide bonds. The fourth-order valence-corrected chi connectivity index (χ4v) is 1.83. The van der Waals surface area contributed by atoms with Gasteiger partial charge in [-0.2, -0.15) is 0 Å². The molecule has 2 rings (SSSR count). The number of nitrogens with zero attached hydrogens (tertiary/aromatic N) is 1. The van der Waals surface area contributed by atoms with E-state index in [1.54, 1.807) is 18.2 Å². The molecule has 6 heteroatoms. The second-order valence-electron chi connectivity index (χ2n) is 4.11. The molecule has 0 atom stereocenters. The molecule has 0 bridgehead atoms. The lowest BCUT2D eigenvalue weighted by Gasteiger charge is -2.09. The first-order valence-corrected chi connectivity index (χ1v) is 6.06. The van der Waals surface area contributed by atoms with Gasteiger partial charge < -0.3 is 4.74 Å². The van der Waals surface area contributed by atoms with Gasteiger partial charge in [-0.1, -0.05) is 17.7 Å². The Labute approximate surface area is 119 Å². The van der Waals surface area contributed by atoms with Crippen LogP contribution in [-0.4, -0.2) is 11.2 Å². The summed E-state index contributed by atoms with van der Waals surface area (Å²) in [7, 11) is 0. The van der Waals surface area contributed by atoms with Crippen molar-refractivity contribution in [1.82, 2.24) is 0 Å². The number of aryl methyl sites for hydroxylation is 1. The van der Waals surface area contributed by atoms with Crippen molar-refractivity contribution in [2.24, 2.45) is 0 Å². The molecule has 0 aliphatic carbocycles. The standard InChI is InChI=1S/C14H10ClNO4/c1-9-2-3-11(15)7-14(9)20-12-4-5-13(16(18)19)10(6-12)8-17/h2-8H,1H3. The summed E-state index contributed by atoms with van der Waals surface area (Å²) in [4.78, 5) is 21.0.